The molecule has 2 aromatic carbocycles. The second-order valence-electron chi connectivity index (χ2n) is 9.96. The first-order valence-corrected chi connectivity index (χ1v) is 12.7. The van der Waals surface area contributed by atoms with Crippen LogP contribution in [-0.2, 0) is 26.1 Å². The van der Waals surface area contributed by atoms with Gasteiger partial charge < -0.3 is 9.55 Å². The van der Waals surface area contributed by atoms with Gasteiger partial charge in [0.25, 0.3) is 5.56 Å². The van der Waals surface area contributed by atoms with Crippen LogP contribution in [0.4, 0.5) is 0 Å². The third-order valence-electron chi connectivity index (χ3n) is 7.62. The van der Waals surface area contributed by atoms with Crippen LogP contribution in [0.3, 0.4) is 0 Å². The minimum Gasteiger partial charge on any atom is -0.343 e. The number of hydrogen-bond acceptors (Lipinski definition) is 3. The van der Waals surface area contributed by atoms with Crippen molar-refractivity contribution in [3.8, 4) is 0 Å². The number of fused-ring (bicyclic) bond motifs is 2. The molecular weight excluding hydrogens is 420 g/mol. The van der Waals surface area contributed by atoms with Crippen molar-refractivity contribution in [2.45, 2.75) is 64.1 Å². The van der Waals surface area contributed by atoms with Crippen molar-refractivity contribution in [1.82, 2.24) is 19.4 Å². The maximum Gasteiger partial charge on any atom is 0.255 e. The van der Waals surface area contributed by atoms with Crippen LogP contribution in [0.25, 0.3) is 10.9 Å². The fourth-order valence-electron chi connectivity index (χ4n) is 5.81. The molecule has 3 heterocycles. The third kappa shape index (κ3) is 4.21. The van der Waals surface area contributed by atoms with Gasteiger partial charge in [0.05, 0.1) is 11.3 Å². The lowest BCUT2D eigenvalue weighted by Crippen LogP contribution is -2.36. The van der Waals surface area contributed by atoms with Crippen LogP contribution >= 0.6 is 0 Å². The van der Waals surface area contributed by atoms with Gasteiger partial charge in [-0.2, -0.15) is 0 Å². The summed E-state index contributed by atoms with van der Waals surface area (Å²) in [6.07, 6.45) is 9.25. The summed E-state index contributed by atoms with van der Waals surface area (Å²) in [5.41, 5.74) is 5.83. The summed E-state index contributed by atoms with van der Waals surface area (Å²) in [5.74, 6) is 1.36. The maximum atomic E-state index is 13.0. The Labute approximate surface area is 200 Å². The highest BCUT2D eigenvalue weighted by atomic mass is 16.1. The summed E-state index contributed by atoms with van der Waals surface area (Å²) < 4.78 is 2.35. The number of para-hydroxylation sites is 1. The first-order chi connectivity index (χ1) is 16.7. The van der Waals surface area contributed by atoms with Crippen LogP contribution in [0, 0.1) is 0 Å². The predicted molar refractivity (Wildman–Crippen MR) is 136 cm³/mol. The van der Waals surface area contributed by atoms with Crippen molar-refractivity contribution >= 4 is 10.9 Å². The molecule has 0 bridgehead atoms. The molecule has 1 aliphatic heterocycles. The Hall–Kier alpha value is -3.18. The largest absolute Gasteiger partial charge is 0.343 e. The lowest BCUT2D eigenvalue weighted by molar-refractivity contribution is 0.241. The molecular formula is C29H32N4O. The van der Waals surface area contributed by atoms with Crippen LogP contribution < -0.4 is 5.56 Å². The Morgan fingerprint density at radius 3 is 2.59 bits per heavy atom. The van der Waals surface area contributed by atoms with Crippen LogP contribution in [0.1, 0.15) is 66.2 Å². The molecule has 2 aromatic heterocycles. The van der Waals surface area contributed by atoms with Crippen LogP contribution in [0.5, 0.6) is 0 Å². The minimum atomic E-state index is 0.0711. The van der Waals surface area contributed by atoms with Gasteiger partial charge >= 0.3 is 0 Å². The Kier molecular flexibility index (Phi) is 5.79. The topological polar surface area (TPSA) is 53.9 Å². The highest BCUT2D eigenvalue weighted by Crippen LogP contribution is 2.31. The summed E-state index contributed by atoms with van der Waals surface area (Å²) in [5, 5.41) is 1.30. The molecule has 174 valence electrons. The minimum absolute atomic E-state index is 0.0711. The molecule has 1 N–H and O–H groups in total. The summed E-state index contributed by atoms with van der Waals surface area (Å²) in [7, 11) is 0. The average Bonchev–Trinajstić information content (AvgIpc) is 3.22. The first-order valence-electron chi connectivity index (χ1n) is 12.7. The molecule has 0 radical (unpaired) electrons. The zero-order valence-electron chi connectivity index (χ0n) is 19.7. The molecule has 2 aliphatic rings. The fourth-order valence-corrected chi connectivity index (χ4v) is 5.81. The average molecular weight is 453 g/mol. The Bertz CT molecular complexity index is 1350. The number of aromatic nitrogens is 3. The van der Waals surface area contributed by atoms with Gasteiger partial charge in [-0.05, 0) is 30.0 Å². The van der Waals surface area contributed by atoms with Gasteiger partial charge in [0.15, 0.2) is 0 Å². The van der Waals surface area contributed by atoms with E-state index in [2.05, 4.69) is 75.2 Å². The first kappa shape index (κ1) is 21.4. The zero-order chi connectivity index (χ0) is 22.9. The Balaban J connectivity index is 1.24. The summed E-state index contributed by atoms with van der Waals surface area (Å²) in [6.45, 7) is 3.30. The second-order valence-corrected chi connectivity index (χ2v) is 9.96. The highest BCUT2D eigenvalue weighted by molar-refractivity contribution is 5.84. The number of H-pyrrole nitrogens is 1. The van der Waals surface area contributed by atoms with Gasteiger partial charge in [0, 0.05) is 55.6 Å². The van der Waals surface area contributed by atoms with Crippen molar-refractivity contribution in [1.29, 1.82) is 0 Å². The Morgan fingerprint density at radius 1 is 0.941 bits per heavy atom. The van der Waals surface area contributed by atoms with Crippen LogP contribution in [0.2, 0.25) is 0 Å². The van der Waals surface area contributed by atoms with E-state index in [4.69, 9.17) is 4.98 Å². The molecule has 1 saturated carbocycles. The quantitative estimate of drug-likeness (QED) is 0.442. The summed E-state index contributed by atoms with van der Waals surface area (Å²) >= 11 is 0. The van der Waals surface area contributed by atoms with Crippen LogP contribution in [-0.4, -0.2) is 26.0 Å². The Morgan fingerprint density at radius 2 is 1.74 bits per heavy atom. The molecule has 5 nitrogen and oxygen atoms in total. The number of nitrogens with zero attached hydrogens (tertiary/aromatic N) is 3. The number of rotatable bonds is 5. The summed E-state index contributed by atoms with van der Waals surface area (Å²) in [4.78, 5) is 23.5. The predicted octanol–water partition coefficient (Wildman–Crippen LogP) is 5.38. The van der Waals surface area contributed by atoms with Crippen LogP contribution in [0.15, 0.2) is 65.6 Å². The van der Waals surface area contributed by atoms with Crippen molar-refractivity contribution < 1.29 is 0 Å². The van der Waals surface area contributed by atoms with E-state index in [9.17, 15) is 4.79 Å². The number of benzene rings is 2. The van der Waals surface area contributed by atoms with Gasteiger partial charge in [-0.1, -0.05) is 67.8 Å². The van der Waals surface area contributed by atoms with Crippen molar-refractivity contribution in [3.63, 3.8) is 0 Å². The molecule has 0 spiro atoms. The molecule has 0 saturated heterocycles. The number of hydrogen-bond donors (Lipinski definition) is 1. The lowest BCUT2D eigenvalue weighted by Gasteiger charge is -2.28. The smallest absolute Gasteiger partial charge is 0.255 e. The highest BCUT2D eigenvalue weighted by Gasteiger charge is 2.25. The maximum absolute atomic E-state index is 13.0. The zero-order valence-corrected chi connectivity index (χ0v) is 19.7. The molecule has 5 heteroatoms. The molecule has 1 aliphatic carbocycles. The van der Waals surface area contributed by atoms with Gasteiger partial charge in [0.1, 0.15) is 5.82 Å². The fraction of sp³-hybridized carbons (Fsp3) is 0.379. The van der Waals surface area contributed by atoms with E-state index in [0.717, 1.165) is 56.0 Å². The van der Waals surface area contributed by atoms with Crippen molar-refractivity contribution in [2.75, 3.05) is 6.54 Å². The standard InChI is InChI=1S/C29H32N4O/c34-29-25-20-32(16-15-26(25)30-28(31-29)22-11-5-2-6-12-22)18-23-19-33(17-21-9-3-1-4-10-21)27-14-8-7-13-24(23)27/h1,3-4,7-10,13-14,19,22H,2,5-6,11-12,15-18,20H2,(H,30,31,34). The van der Waals surface area contributed by atoms with E-state index in [1.807, 2.05) is 0 Å². The molecule has 0 unspecified atom stereocenters. The van der Waals surface area contributed by atoms with E-state index in [0.29, 0.717) is 12.5 Å². The van der Waals surface area contributed by atoms with Crippen molar-refractivity contribution in [2.24, 2.45) is 0 Å². The van der Waals surface area contributed by atoms with Gasteiger partial charge in [-0.15, -0.1) is 0 Å². The van der Waals surface area contributed by atoms with Gasteiger partial charge in [-0.25, -0.2) is 4.98 Å². The van der Waals surface area contributed by atoms with E-state index in [1.54, 1.807) is 0 Å². The van der Waals surface area contributed by atoms with E-state index in [-0.39, 0.29) is 5.56 Å². The van der Waals surface area contributed by atoms with Gasteiger partial charge in [0.2, 0.25) is 0 Å². The molecule has 0 atom stereocenters. The van der Waals surface area contributed by atoms with E-state index in [1.165, 1.54) is 41.3 Å². The lowest BCUT2D eigenvalue weighted by atomic mass is 9.88. The third-order valence-corrected chi connectivity index (χ3v) is 7.62. The molecule has 1 fully saturated rings. The second kappa shape index (κ2) is 9.22. The molecule has 4 aromatic rings. The normalized spacial score (nSPS) is 17.2. The molecule has 34 heavy (non-hydrogen) atoms. The molecule has 0 amide bonds. The van der Waals surface area contributed by atoms with Gasteiger partial charge in [-0.3, -0.25) is 9.69 Å². The number of nitrogens with one attached hydrogen (secondary N) is 1. The van der Waals surface area contributed by atoms with E-state index >= 15 is 0 Å². The van der Waals surface area contributed by atoms with E-state index < -0.39 is 0 Å². The monoisotopic (exact) mass is 452 g/mol. The van der Waals surface area contributed by atoms with Crippen molar-refractivity contribution in [3.05, 3.63) is 99.4 Å². The number of aromatic amines is 1. The SMILES string of the molecule is O=c1[nH]c(C2CCCCC2)nc2c1CN(Cc1cn(Cc3ccccc3)c3ccccc13)CC2. The molecule has 6 rings (SSSR count). The summed E-state index contributed by atoms with van der Waals surface area (Å²) in [6, 6.07) is 19.3.